The third-order valence-electron chi connectivity index (χ3n) is 9.19. The van der Waals surface area contributed by atoms with Crippen molar-refractivity contribution in [1.82, 2.24) is 9.80 Å². The number of amides is 2. The molecule has 0 unspecified atom stereocenters. The smallest absolute Gasteiger partial charge is 0.487 e. The normalized spacial score (nSPS) is 28.2. The summed E-state index contributed by atoms with van der Waals surface area (Å²) in [6.45, 7) is 4.49. The largest absolute Gasteiger partial charge is 0.505 e. The Morgan fingerprint density at radius 3 is 2.49 bits per heavy atom. The highest BCUT2D eigenvalue weighted by atomic mass is 19.1. The Kier molecular flexibility index (Phi) is 7.08. The van der Waals surface area contributed by atoms with E-state index in [0.29, 0.717) is 24.8 Å². The summed E-state index contributed by atoms with van der Waals surface area (Å²) in [4.78, 5) is 31.7. The molecular formula is C30H34BFN2O5. The van der Waals surface area contributed by atoms with Gasteiger partial charge in [-0.15, -0.1) is 0 Å². The molecule has 3 heterocycles. The second kappa shape index (κ2) is 10.5. The molecule has 2 aromatic carbocycles. The lowest BCUT2D eigenvalue weighted by atomic mass is 9.55. The molecule has 39 heavy (non-hydrogen) atoms. The molecule has 0 spiro atoms. The van der Waals surface area contributed by atoms with Crippen molar-refractivity contribution in [2.75, 3.05) is 13.1 Å². The van der Waals surface area contributed by atoms with Gasteiger partial charge in [-0.25, -0.2) is 4.39 Å². The Morgan fingerprint density at radius 2 is 1.79 bits per heavy atom. The fourth-order valence-corrected chi connectivity index (χ4v) is 7.25. The molecule has 0 aromatic heterocycles. The van der Waals surface area contributed by atoms with Crippen LogP contribution in [-0.2, 0) is 20.8 Å². The third-order valence-corrected chi connectivity index (χ3v) is 9.19. The second-order valence-corrected chi connectivity index (χ2v) is 11.3. The van der Waals surface area contributed by atoms with Crippen molar-refractivity contribution in [3.8, 4) is 5.75 Å². The van der Waals surface area contributed by atoms with Crippen molar-refractivity contribution in [3.63, 3.8) is 0 Å². The van der Waals surface area contributed by atoms with E-state index in [1.165, 1.54) is 17.7 Å². The SMILES string of the molecule is CCC1=C2B(O)O[C@H](c3ccc(O)c(F)c3)C[C@H]2[C@H]2C(=O)N(C3CCN(Cc4ccccc4)CC3)C(=O)[C@H]2C1. The molecule has 0 bridgehead atoms. The van der Waals surface area contributed by atoms with Gasteiger partial charge in [-0.1, -0.05) is 48.9 Å². The number of hydrogen-bond donors (Lipinski definition) is 2. The van der Waals surface area contributed by atoms with Crippen LogP contribution >= 0.6 is 0 Å². The van der Waals surface area contributed by atoms with Crippen molar-refractivity contribution >= 4 is 18.9 Å². The average molecular weight is 532 g/mol. The van der Waals surface area contributed by atoms with E-state index in [1.807, 2.05) is 25.1 Å². The van der Waals surface area contributed by atoms with Crippen LogP contribution in [0.4, 0.5) is 4.39 Å². The van der Waals surface area contributed by atoms with E-state index in [1.54, 1.807) is 11.0 Å². The minimum atomic E-state index is -1.22. The van der Waals surface area contributed by atoms with Crippen LogP contribution in [-0.4, -0.2) is 58.0 Å². The number of imide groups is 1. The van der Waals surface area contributed by atoms with Gasteiger partial charge < -0.3 is 14.8 Å². The van der Waals surface area contributed by atoms with Crippen LogP contribution in [0.1, 0.15) is 56.3 Å². The topological polar surface area (TPSA) is 90.3 Å². The zero-order valence-corrected chi connectivity index (χ0v) is 22.1. The Balaban J connectivity index is 1.22. The number of aromatic hydroxyl groups is 1. The minimum absolute atomic E-state index is 0.0929. The Labute approximate surface area is 228 Å². The van der Waals surface area contributed by atoms with Gasteiger partial charge in [-0.2, -0.15) is 0 Å². The highest BCUT2D eigenvalue weighted by Gasteiger charge is 2.58. The number of hydrogen-bond acceptors (Lipinski definition) is 6. The molecule has 2 aromatic rings. The van der Waals surface area contributed by atoms with Crippen molar-refractivity contribution in [1.29, 1.82) is 0 Å². The molecule has 2 N–H and O–H groups in total. The summed E-state index contributed by atoms with van der Waals surface area (Å²) in [6, 6.07) is 14.2. The van der Waals surface area contributed by atoms with Crippen LogP contribution in [0.25, 0.3) is 0 Å². The molecular weight excluding hydrogens is 498 g/mol. The van der Waals surface area contributed by atoms with E-state index >= 15 is 0 Å². The van der Waals surface area contributed by atoms with Gasteiger partial charge in [0.25, 0.3) is 0 Å². The molecule has 7 nitrogen and oxygen atoms in total. The van der Waals surface area contributed by atoms with Crippen LogP contribution in [0.2, 0.25) is 0 Å². The first-order valence-corrected chi connectivity index (χ1v) is 14.0. The fourth-order valence-electron chi connectivity index (χ4n) is 7.25. The van der Waals surface area contributed by atoms with E-state index in [9.17, 15) is 24.1 Å². The lowest BCUT2D eigenvalue weighted by Crippen LogP contribution is -2.48. The number of likely N-dealkylation sites (tertiary alicyclic amines) is 2. The van der Waals surface area contributed by atoms with Crippen LogP contribution in [0.5, 0.6) is 5.75 Å². The summed E-state index contributed by atoms with van der Waals surface area (Å²) in [7, 11) is -1.22. The predicted molar refractivity (Wildman–Crippen MR) is 143 cm³/mol. The average Bonchev–Trinajstić information content (AvgIpc) is 3.20. The van der Waals surface area contributed by atoms with Crippen molar-refractivity contribution in [2.24, 2.45) is 17.8 Å². The minimum Gasteiger partial charge on any atom is -0.505 e. The Morgan fingerprint density at radius 1 is 1.05 bits per heavy atom. The summed E-state index contributed by atoms with van der Waals surface area (Å²) < 4.78 is 20.0. The standard InChI is InChI=1S/C30H34BFN2O5/c1-2-19-14-23-27(22-16-26(39-31(38)28(19)22)20-8-9-25(35)24(32)15-20)30(37)34(29(23)36)21-10-12-33(13-11-21)17-18-6-4-3-5-7-18/h3-9,15,21-23,26-27,35,38H,2,10-14,16-17H2,1H3/t22-,23-,26-,27+/m0/s1. The van der Waals surface area contributed by atoms with Gasteiger partial charge >= 0.3 is 7.12 Å². The summed E-state index contributed by atoms with van der Waals surface area (Å²) >= 11 is 0. The summed E-state index contributed by atoms with van der Waals surface area (Å²) in [5.74, 6) is -2.80. The van der Waals surface area contributed by atoms with Crippen molar-refractivity contribution < 1.29 is 28.8 Å². The van der Waals surface area contributed by atoms with E-state index in [-0.39, 0.29) is 23.8 Å². The number of phenols is 1. The summed E-state index contributed by atoms with van der Waals surface area (Å²) in [5.41, 5.74) is 3.44. The van der Waals surface area contributed by atoms with Crippen molar-refractivity contribution in [2.45, 2.75) is 57.7 Å². The van der Waals surface area contributed by atoms with E-state index in [2.05, 4.69) is 17.0 Å². The van der Waals surface area contributed by atoms with Gasteiger partial charge in [-0.05, 0) is 66.8 Å². The molecule has 9 heteroatoms. The number of carbonyl (C=O) groups excluding carboxylic acids is 2. The highest BCUT2D eigenvalue weighted by molar-refractivity contribution is 6.53. The van der Waals surface area contributed by atoms with Gasteiger partial charge in [-0.3, -0.25) is 19.4 Å². The second-order valence-electron chi connectivity index (χ2n) is 11.3. The van der Waals surface area contributed by atoms with E-state index < -0.39 is 36.6 Å². The number of rotatable bonds is 5. The number of phenolic OH excluding ortho intramolecular Hbond substituents is 1. The van der Waals surface area contributed by atoms with Crippen LogP contribution < -0.4 is 0 Å². The highest BCUT2D eigenvalue weighted by Crippen LogP contribution is 2.52. The number of benzene rings is 2. The zero-order chi connectivity index (χ0) is 27.3. The fraction of sp³-hybridized carbons (Fsp3) is 0.467. The predicted octanol–water partition coefficient (Wildman–Crippen LogP) is 4.00. The van der Waals surface area contributed by atoms with Crippen LogP contribution in [0.15, 0.2) is 59.6 Å². The maximum Gasteiger partial charge on any atom is 0.487 e. The lowest BCUT2D eigenvalue weighted by Gasteiger charge is -2.42. The van der Waals surface area contributed by atoms with Gasteiger partial charge in [0.1, 0.15) is 0 Å². The first-order valence-electron chi connectivity index (χ1n) is 14.0. The maximum absolute atomic E-state index is 14.1. The van der Waals surface area contributed by atoms with E-state index in [4.69, 9.17) is 4.65 Å². The molecule has 6 rings (SSSR count). The van der Waals surface area contributed by atoms with Gasteiger partial charge in [0.2, 0.25) is 11.8 Å². The molecule has 3 fully saturated rings. The van der Waals surface area contributed by atoms with E-state index in [0.717, 1.165) is 43.5 Å². The molecule has 4 atom stereocenters. The first-order chi connectivity index (χ1) is 18.9. The molecule has 2 amide bonds. The van der Waals surface area contributed by atoms with Crippen molar-refractivity contribution in [3.05, 3.63) is 76.5 Å². The third kappa shape index (κ3) is 4.70. The zero-order valence-electron chi connectivity index (χ0n) is 22.1. The Hall–Kier alpha value is -3.01. The van der Waals surface area contributed by atoms with Crippen LogP contribution in [0, 0.1) is 23.6 Å². The number of nitrogens with zero attached hydrogens (tertiary/aromatic N) is 2. The Bertz CT molecular complexity index is 1300. The molecule has 1 aliphatic carbocycles. The molecule has 0 radical (unpaired) electrons. The van der Waals surface area contributed by atoms with Gasteiger partial charge in [0.15, 0.2) is 11.6 Å². The van der Waals surface area contributed by atoms with Crippen LogP contribution in [0.3, 0.4) is 0 Å². The number of fused-ring (bicyclic) bond motifs is 3. The molecule has 3 saturated heterocycles. The first kappa shape index (κ1) is 26.2. The summed E-state index contributed by atoms with van der Waals surface area (Å²) in [5, 5.41) is 20.7. The number of piperidine rings is 1. The molecule has 4 aliphatic rings. The van der Waals surface area contributed by atoms with Gasteiger partial charge in [0.05, 0.1) is 17.9 Å². The van der Waals surface area contributed by atoms with Gasteiger partial charge in [0, 0.05) is 25.7 Å². The monoisotopic (exact) mass is 532 g/mol. The maximum atomic E-state index is 14.1. The summed E-state index contributed by atoms with van der Waals surface area (Å²) in [6.07, 6.45) is 2.32. The lowest BCUT2D eigenvalue weighted by molar-refractivity contribution is -0.144. The molecule has 0 saturated carbocycles. The number of carbonyl (C=O) groups is 2. The molecule has 204 valence electrons. The number of halogens is 1. The quantitative estimate of drug-likeness (QED) is 0.447. The molecule has 3 aliphatic heterocycles. The number of allylic oxidation sites excluding steroid dienone is 2.